The van der Waals surface area contributed by atoms with Gasteiger partial charge in [-0.1, -0.05) is 12.1 Å². The predicted octanol–water partition coefficient (Wildman–Crippen LogP) is 1.13. The van der Waals surface area contributed by atoms with Gasteiger partial charge < -0.3 is 11.1 Å². The van der Waals surface area contributed by atoms with Crippen molar-refractivity contribution in [1.82, 2.24) is 4.72 Å². The molecule has 0 aliphatic carbocycles. The van der Waals surface area contributed by atoms with Crippen LogP contribution < -0.4 is 15.8 Å². The first-order valence-electron chi connectivity index (χ1n) is 5.99. The molecule has 6 heteroatoms. The molecule has 1 rings (SSSR count). The van der Waals surface area contributed by atoms with E-state index in [9.17, 15) is 8.42 Å². The van der Waals surface area contributed by atoms with Gasteiger partial charge in [0, 0.05) is 12.6 Å². The molecule has 0 saturated heterocycles. The Morgan fingerprint density at radius 3 is 2.61 bits per heavy atom. The van der Waals surface area contributed by atoms with E-state index in [2.05, 4.69) is 10.0 Å². The van der Waals surface area contributed by atoms with Gasteiger partial charge in [-0.2, -0.15) is 0 Å². The molecule has 1 unspecified atom stereocenters. The summed E-state index contributed by atoms with van der Waals surface area (Å²) in [4.78, 5) is 0.272. The van der Waals surface area contributed by atoms with Crippen molar-refractivity contribution < 1.29 is 8.42 Å². The fourth-order valence-corrected chi connectivity index (χ4v) is 2.51. The van der Waals surface area contributed by atoms with Gasteiger partial charge in [0.05, 0.1) is 5.69 Å². The predicted molar refractivity (Wildman–Crippen MR) is 74.1 cm³/mol. The highest BCUT2D eigenvalue weighted by molar-refractivity contribution is 7.89. The number of hydrogen-bond donors (Lipinski definition) is 3. The van der Waals surface area contributed by atoms with Gasteiger partial charge in [0.2, 0.25) is 10.0 Å². The molecule has 0 radical (unpaired) electrons. The van der Waals surface area contributed by atoms with Crippen molar-refractivity contribution >= 4 is 15.7 Å². The maximum Gasteiger partial charge on any atom is 0.242 e. The van der Waals surface area contributed by atoms with Crippen LogP contribution in [0.15, 0.2) is 29.2 Å². The summed E-state index contributed by atoms with van der Waals surface area (Å²) in [5.41, 5.74) is 6.28. The van der Waals surface area contributed by atoms with Crippen molar-refractivity contribution in [2.45, 2.75) is 30.7 Å². The molecule has 0 heterocycles. The van der Waals surface area contributed by atoms with E-state index >= 15 is 0 Å². The van der Waals surface area contributed by atoms with Crippen molar-refractivity contribution in [2.24, 2.45) is 5.73 Å². The van der Waals surface area contributed by atoms with Crippen LogP contribution >= 0.6 is 0 Å². The molecule has 0 aliphatic heterocycles. The van der Waals surface area contributed by atoms with E-state index in [1.54, 1.807) is 18.2 Å². The van der Waals surface area contributed by atoms with E-state index in [1.165, 1.54) is 7.05 Å². The van der Waals surface area contributed by atoms with Crippen molar-refractivity contribution in [3.8, 4) is 0 Å². The number of nitrogens with two attached hydrogens (primary N) is 1. The van der Waals surface area contributed by atoms with Crippen LogP contribution in [0.2, 0.25) is 0 Å². The molecule has 0 spiro atoms. The first-order chi connectivity index (χ1) is 8.47. The Bertz CT molecular complexity index is 472. The highest BCUT2D eigenvalue weighted by Gasteiger charge is 2.15. The summed E-state index contributed by atoms with van der Waals surface area (Å²) in [5, 5.41) is 3.13. The lowest BCUT2D eigenvalue weighted by Gasteiger charge is -2.12. The fraction of sp³-hybridized carbons (Fsp3) is 0.500. The number of nitrogens with one attached hydrogen (secondary N) is 2. The molecule has 102 valence electrons. The average Bonchev–Trinajstić information content (AvgIpc) is 2.35. The van der Waals surface area contributed by atoms with Crippen LogP contribution in [0.5, 0.6) is 0 Å². The zero-order chi connectivity index (χ0) is 13.6. The summed E-state index contributed by atoms with van der Waals surface area (Å²) in [7, 11) is -2.01. The lowest BCUT2D eigenvalue weighted by molar-refractivity contribution is 0.588. The molecule has 5 nitrogen and oxygen atoms in total. The van der Waals surface area contributed by atoms with Gasteiger partial charge in [0.25, 0.3) is 0 Å². The third kappa shape index (κ3) is 4.29. The number of sulfonamides is 1. The lowest BCUT2D eigenvalue weighted by atomic mass is 10.2. The SMILES string of the molecule is CNS(=O)(=O)c1ccccc1NCCCC(C)N. The minimum atomic E-state index is -3.42. The van der Waals surface area contributed by atoms with Crippen LogP contribution in [-0.2, 0) is 10.0 Å². The van der Waals surface area contributed by atoms with Crippen LogP contribution in [0.3, 0.4) is 0 Å². The monoisotopic (exact) mass is 271 g/mol. The molecule has 0 aromatic heterocycles. The zero-order valence-corrected chi connectivity index (χ0v) is 11.6. The average molecular weight is 271 g/mol. The van der Waals surface area contributed by atoms with Gasteiger partial charge >= 0.3 is 0 Å². The van der Waals surface area contributed by atoms with E-state index in [-0.39, 0.29) is 10.9 Å². The Labute approximate surface area is 109 Å². The van der Waals surface area contributed by atoms with Crippen molar-refractivity contribution in [3.05, 3.63) is 24.3 Å². The Morgan fingerprint density at radius 1 is 1.33 bits per heavy atom. The highest BCUT2D eigenvalue weighted by Crippen LogP contribution is 2.20. The molecule has 0 saturated carbocycles. The number of para-hydroxylation sites is 1. The van der Waals surface area contributed by atoms with Gasteiger partial charge in [0.1, 0.15) is 4.90 Å². The summed E-state index contributed by atoms with van der Waals surface area (Å²) in [6.07, 6.45) is 1.82. The molecule has 0 bridgehead atoms. The minimum Gasteiger partial charge on any atom is -0.384 e. The number of benzene rings is 1. The first-order valence-corrected chi connectivity index (χ1v) is 7.47. The van der Waals surface area contributed by atoms with Gasteiger partial charge in [-0.15, -0.1) is 0 Å². The number of hydrogen-bond acceptors (Lipinski definition) is 4. The Balaban J connectivity index is 2.72. The quantitative estimate of drug-likeness (QED) is 0.649. The zero-order valence-electron chi connectivity index (χ0n) is 10.8. The van der Waals surface area contributed by atoms with E-state index in [1.807, 2.05) is 13.0 Å². The Morgan fingerprint density at radius 2 is 2.00 bits per heavy atom. The Kier molecular flexibility index (Phi) is 5.58. The molecule has 1 aromatic rings. The second kappa shape index (κ2) is 6.72. The van der Waals surface area contributed by atoms with E-state index in [0.717, 1.165) is 12.8 Å². The first kappa shape index (κ1) is 14.9. The smallest absolute Gasteiger partial charge is 0.242 e. The number of rotatable bonds is 7. The lowest BCUT2D eigenvalue weighted by Crippen LogP contribution is -2.21. The van der Waals surface area contributed by atoms with Crippen LogP contribution in [0.1, 0.15) is 19.8 Å². The molecule has 1 aromatic carbocycles. The van der Waals surface area contributed by atoms with Crippen LogP contribution in [0.25, 0.3) is 0 Å². The second-order valence-electron chi connectivity index (χ2n) is 4.25. The minimum absolute atomic E-state index is 0.170. The molecule has 18 heavy (non-hydrogen) atoms. The Hall–Kier alpha value is -1.11. The largest absolute Gasteiger partial charge is 0.384 e. The third-order valence-electron chi connectivity index (χ3n) is 2.60. The fourth-order valence-electron chi connectivity index (χ4n) is 1.60. The standard InChI is InChI=1S/C12H21N3O2S/c1-10(13)6-5-9-15-11-7-3-4-8-12(11)18(16,17)14-2/h3-4,7-8,10,14-15H,5-6,9,13H2,1-2H3. The van der Waals surface area contributed by atoms with Gasteiger partial charge in [0.15, 0.2) is 0 Å². The van der Waals surface area contributed by atoms with E-state index in [0.29, 0.717) is 12.2 Å². The summed E-state index contributed by atoms with van der Waals surface area (Å²) < 4.78 is 25.9. The molecule has 4 N–H and O–H groups in total. The summed E-state index contributed by atoms with van der Waals surface area (Å²) in [6.45, 7) is 2.66. The molecule has 0 amide bonds. The topological polar surface area (TPSA) is 84.2 Å². The maximum atomic E-state index is 11.8. The van der Waals surface area contributed by atoms with Crippen molar-refractivity contribution in [2.75, 3.05) is 18.9 Å². The van der Waals surface area contributed by atoms with Crippen LogP contribution in [-0.4, -0.2) is 28.1 Å². The molecular weight excluding hydrogens is 250 g/mol. The normalized spacial score (nSPS) is 13.3. The van der Waals surface area contributed by atoms with E-state index in [4.69, 9.17) is 5.73 Å². The van der Waals surface area contributed by atoms with Crippen molar-refractivity contribution in [3.63, 3.8) is 0 Å². The summed E-state index contributed by atoms with van der Waals surface area (Å²) in [5.74, 6) is 0. The molecule has 0 aliphatic rings. The van der Waals surface area contributed by atoms with Gasteiger partial charge in [-0.05, 0) is 38.9 Å². The summed E-state index contributed by atoms with van der Waals surface area (Å²) >= 11 is 0. The molecule has 1 atom stereocenters. The third-order valence-corrected chi connectivity index (χ3v) is 4.07. The van der Waals surface area contributed by atoms with Crippen molar-refractivity contribution in [1.29, 1.82) is 0 Å². The summed E-state index contributed by atoms with van der Waals surface area (Å²) in [6, 6.07) is 7.03. The van der Waals surface area contributed by atoms with E-state index < -0.39 is 10.0 Å². The number of anilines is 1. The highest BCUT2D eigenvalue weighted by atomic mass is 32.2. The molecular formula is C12H21N3O2S. The van der Waals surface area contributed by atoms with Crippen LogP contribution in [0.4, 0.5) is 5.69 Å². The maximum absolute atomic E-state index is 11.8. The van der Waals surface area contributed by atoms with Crippen LogP contribution in [0, 0.1) is 0 Å². The molecule has 0 fully saturated rings. The van der Waals surface area contributed by atoms with Gasteiger partial charge in [-0.25, -0.2) is 13.1 Å². The second-order valence-corrected chi connectivity index (χ2v) is 6.10. The van der Waals surface area contributed by atoms with Gasteiger partial charge in [-0.3, -0.25) is 0 Å².